The van der Waals surface area contributed by atoms with Crippen molar-refractivity contribution in [2.45, 2.75) is 26.7 Å². The van der Waals surface area contributed by atoms with Gasteiger partial charge in [0.25, 0.3) is 0 Å². The average Bonchev–Trinajstić information content (AvgIpc) is 3.62. The zero-order valence-corrected chi connectivity index (χ0v) is 28.7. The van der Waals surface area contributed by atoms with Crippen LogP contribution in [0.25, 0.3) is 10.8 Å². The molecule has 0 saturated carbocycles. The van der Waals surface area contributed by atoms with Crippen LogP contribution in [-0.2, 0) is 16.1 Å². The van der Waals surface area contributed by atoms with Gasteiger partial charge in [-0.15, -0.1) is 0 Å². The first-order valence-corrected chi connectivity index (χ1v) is 20.7. The van der Waals surface area contributed by atoms with Crippen LogP contribution in [-0.4, -0.2) is 12.4 Å². The van der Waals surface area contributed by atoms with Crippen molar-refractivity contribution in [2.24, 2.45) is 4.99 Å². The van der Waals surface area contributed by atoms with E-state index in [1.165, 1.54) is 38.9 Å². The zero-order valence-electron chi connectivity index (χ0n) is 24.1. The normalized spacial score (nSPS) is 12.9. The zero-order chi connectivity index (χ0) is 30.4. The summed E-state index contributed by atoms with van der Waals surface area (Å²) in [7, 11) is 13.5. The van der Waals surface area contributed by atoms with Crippen LogP contribution in [0.2, 0.25) is 0 Å². The molecule has 1 aliphatic heterocycles. The van der Waals surface area contributed by atoms with Gasteiger partial charge >= 0.3 is 41.5 Å². The van der Waals surface area contributed by atoms with E-state index in [1.807, 2.05) is 6.61 Å². The van der Waals surface area contributed by atoms with Crippen LogP contribution in [0.3, 0.4) is 0 Å². The standard InChI is InChI=1S/C31H27N2P.C4H7O.3ClH.Cr/c1-23-17-20-26(21-18-23)31(32-30-24(2)19-22-25-11-9-10-16-29(25)30)33-34(27-12-5-3-6-13-27)28-14-7-4-8-15-28;1-2-4-5-3-1;;;;/h3-22H,1-2H3,(H,32,33);3H,1-2,4H2;3*1H;/q;-1;;;;+4/p-2. The predicted molar refractivity (Wildman–Crippen MR) is 187 cm³/mol. The Kier molecular flexibility index (Phi) is 13.9. The molecule has 0 atom stereocenters. The Morgan fingerprint density at radius 3 is 1.88 bits per heavy atom. The molecule has 1 N–H and O–H groups in total. The van der Waals surface area contributed by atoms with E-state index in [9.17, 15) is 0 Å². The van der Waals surface area contributed by atoms with Crippen LogP contribution >= 0.6 is 38.2 Å². The molecule has 43 heavy (non-hydrogen) atoms. The molecule has 0 bridgehead atoms. The summed E-state index contributed by atoms with van der Waals surface area (Å²) in [5.41, 5.74) is 4.51. The molecule has 1 heterocycles. The molecular weight excluding hydrogens is 654 g/mol. The molecule has 1 aliphatic rings. The predicted octanol–water partition coefficient (Wildman–Crippen LogP) is 9.93. The Labute approximate surface area is 273 Å². The fourth-order valence-corrected chi connectivity index (χ4v) is 6.67. The number of fused-ring (bicyclic) bond motifs is 1. The minimum atomic E-state index is -1.62. The van der Waals surface area contributed by atoms with E-state index in [-0.39, 0.29) is 0 Å². The van der Waals surface area contributed by atoms with Gasteiger partial charge < -0.3 is 4.74 Å². The van der Waals surface area contributed by atoms with Gasteiger partial charge in [0.05, 0.1) is 5.69 Å². The van der Waals surface area contributed by atoms with Crippen LogP contribution in [0.4, 0.5) is 5.69 Å². The molecule has 1 saturated heterocycles. The first-order chi connectivity index (χ1) is 20.9. The van der Waals surface area contributed by atoms with Gasteiger partial charge in [-0.25, -0.2) is 16.7 Å². The van der Waals surface area contributed by atoms with Crippen LogP contribution in [0.1, 0.15) is 29.5 Å². The Balaban J connectivity index is 0.000000408. The number of nitrogens with one attached hydrogen (secondary N) is 1. The fourth-order valence-electron chi connectivity index (χ4n) is 4.56. The molecule has 5 aromatic carbocycles. The minimum absolute atomic E-state index is 0.904. The average molecular weight is 689 g/mol. The molecule has 0 aliphatic carbocycles. The SMILES string of the molecule is Cc1ccc(C(=Nc2c(C)ccc3ccccc23)N[PH+](c2ccccc2)c2ccccc2)cc1.[CH-]1CCCO1.[Cl][Cr+]([Cl])[Cl]. The maximum atomic E-state index is 5.31. The van der Waals surface area contributed by atoms with Crippen LogP contribution in [0.5, 0.6) is 0 Å². The molecule has 0 amide bonds. The van der Waals surface area contributed by atoms with Crippen molar-refractivity contribution in [1.82, 2.24) is 5.09 Å². The molecule has 8 heteroatoms. The third-order valence-electron chi connectivity index (χ3n) is 6.72. The third-order valence-corrected chi connectivity index (χ3v) is 9.03. The van der Waals surface area contributed by atoms with E-state index in [2.05, 4.69) is 140 Å². The van der Waals surface area contributed by atoms with Gasteiger partial charge in [0.15, 0.2) is 13.9 Å². The second-order valence-electron chi connectivity index (χ2n) is 9.87. The second-order valence-corrected chi connectivity index (χ2v) is 18.3. The number of amidine groups is 1. The summed E-state index contributed by atoms with van der Waals surface area (Å²) in [6, 6.07) is 42.9. The van der Waals surface area contributed by atoms with Crippen molar-refractivity contribution in [1.29, 1.82) is 0 Å². The van der Waals surface area contributed by atoms with E-state index in [0.717, 1.165) is 30.1 Å². The summed E-state index contributed by atoms with van der Waals surface area (Å²) in [6.07, 6.45) is 2.38. The molecule has 222 valence electrons. The van der Waals surface area contributed by atoms with Gasteiger partial charge in [0.1, 0.15) is 10.6 Å². The van der Waals surface area contributed by atoms with Crippen molar-refractivity contribution < 1.29 is 16.1 Å². The molecule has 0 spiro atoms. The van der Waals surface area contributed by atoms with Crippen molar-refractivity contribution in [3.8, 4) is 0 Å². The van der Waals surface area contributed by atoms with Crippen molar-refractivity contribution in [3.05, 3.63) is 145 Å². The maximum absolute atomic E-state index is 5.31. The number of ether oxygens (including phenoxy) is 1. The van der Waals surface area contributed by atoms with Crippen molar-refractivity contribution >= 4 is 71.1 Å². The van der Waals surface area contributed by atoms with Crippen LogP contribution in [0.15, 0.2) is 126 Å². The number of hydrogen-bond donors (Lipinski definition) is 1. The second kappa shape index (κ2) is 17.8. The molecular formula is C35H35Cl3CrN2OP+. The first kappa shape index (κ1) is 33.5. The van der Waals surface area contributed by atoms with Gasteiger partial charge in [0, 0.05) is 17.6 Å². The van der Waals surface area contributed by atoms with E-state index in [4.69, 9.17) is 39.9 Å². The summed E-state index contributed by atoms with van der Waals surface area (Å²) in [4.78, 5) is 5.31. The fraction of sp³-hybridized carbons (Fsp3) is 0.143. The molecule has 0 unspecified atom stereocenters. The Morgan fingerprint density at radius 1 is 0.767 bits per heavy atom. The summed E-state index contributed by atoms with van der Waals surface area (Å²) >= 11 is -1.62. The molecule has 5 aromatic rings. The number of nitrogens with zero attached hydrogens (tertiary/aromatic N) is 1. The summed E-state index contributed by atoms with van der Waals surface area (Å²) in [5, 5.41) is 8.88. The quantitative estimate of drug-likeness (QED) is 0.0863. The van der Waals surface area contributed by atoms with E-state index >= 15 is 0 Å². The summed E-state index contributed by atoms with van der Waals surface area (Å²) < 4.78 is 4.82. The Morgan fingerprint density at radius 2 is 1.35 bits per heavy atom. The molecule has 0 aromatic heterocycles. The molecule has 6 rings (SSSR count). The number of aliphatic imine (C=N–C) groups is 1. The third kappa shape index (κ3) is 10.6. The number of halogens is 3. The van der Waals surface area contributed by atoms with E-state index in [0.29, 0.717) is 0 Å². The molecule has 1 fully saturated rings. The van der Waals surface area contributed by atoms with E-state index in [1.54, 1.807) is 0 Å². The Bertz CT molecular complexity index is 1530. The van der Waals surface area contributed by atoms with Crippen LogP contribution < -0.4 is 15.7 Å². The number of rotatable bonds is 5. The van der Waals surface area contributed by atoms with Crippen molar-refractivity contribution in [2.75, 3.05) is 6.61 Å². The van der Waals surface area contributed by atoms with Gasteiger partial charge in [-0.05, 0) is 49.1 Å². The Hall–Kier alpha value is -2.38. The van der Waals surface area contributed by atoms with Gasteiger partial charge in [-0.3, -0.25) is 0 Å². The summed E-state index contributed by atoms with van der Waals surface area (Å²) in [6.45, 7) is 7.06. The van der Waals surface area contributed by atoms with Gasteiger partial charge in [0.2, 0.25) is 0 Å². The first-order valence-electron chi connectivity index (χ1n) is 14.0. The topological polar surface area (TPSA) is 33.6 Å². The van der Waals surface area contributed by atoms with Gasteiger partial charge in [-0.2, -0.15) is 6.42 Å². The van der Waals surface area contributed by atoms with Gasteiger partial charge in [-0.1, -0.05) is 109 Å². The molecule has 0 radical (unpaired) electrons. The number of aryl methyl sites for hydroxylation is 2. The number of benzene rings is 5. The number of hydrogen-bond acceptors (Lipinski definition) is 2. The van der Waals surface area contributed by atoms with Crippen molar-refractivity contribution in [3.63, 3.8) is 0 Å². The van der Waals surface area contributed by atoms with E-state index < -0.39 is 19.5 Å². The molecule has 3 nitrogen and oxygen atoms in total. The monoisotopic (exact) mass is 687 g/mol. The summed E-state index contributed by atoms with van der Waals surface area (Å²) in [5.74, 6) is 0.904. The van der Waals surface area contributed by atoms with Crippen LogP contribution in [0, 0.1) is 20.5 Å².